The highest BCUT2D eigenvalue weighted by Gasteiger charge is 2.19. The Hall–Kier alpha value is -2.37. The summed E-state index contributed by atoms with van der Waals surface area (Å²) in [6.07, 6.45) is 87.7. The predicted octanol–water partition coefficient (Wildman–Crippen LogP) is 25.1. The average Bonchev–Trinajstić information content (AvgIpc) is 3.47. The third-order valence-corrected chi connectivity index (χ3v) is 16.6. The topological polar surface area (TPSA) is 78.9 Å². The smallest absolute Gasteiger partial charge is 0.306 e. The van der Waals surface area contributed by atoms with Crippen LogP contribution in [0.15, 0.2) is 36.5 Å². The zero-order chi connectivity index (χ0) is 58.5. The Bertz CT molecular complexity index is 1350. The summed E-state index contributed by atoms with van der Waals surface area (Å²) in [4.78, 5) is 38.3. The number of hydrogen-bond donors (Lipinski definition) is 0. The molecule has 0 aromatic heterocycles. The molecule has 6 nitrogen and oxygen atoms in total. The van der Waals surface area contributed by atoms with Crippen LogP contribution in [0, 0.1) is 0 Å². The molecule has 0 bridgehead atoms. The van der Waals surface area contributed by atoms with E-state index in [9.17, 15) is 14.4 Å². The predicted molar refractivity (Wildman–Crippen MR) is 353 cm³/mol. The van der Waals surface area contributed by atoms with Crippen LogP contribution in [0.2, 0.25) is 0 Å². The van der Waals surface area contributed by atoms with E-state index < -0.39 is 6.10 Å². The number of unbranched alkanes of at least 4 members (excludes halogenated alkanes) is 51. The molecular weight excluding hydrogens is 997 g/mol. The van der Waals surface area contributed by atoms with Crippen molar-refractivity contribution >= 4 is 17.9 Å². The third kappa shape index (κ3) is 68.3. The van der Waals surface area contributed by atoms with Crippen LogP contribution in [0.5, 0.6) is 0 Å². The van der Waals surface area contributed by atoms with E-state index in [0.29, 0.717) is 19.3 Å². The van der Waals surface area contributed by atoms with Gasteiger partial charge in [0.15, 0.2) is 6.10 Å². The highest BCUT2D eigenvalue weighted by atomic mass is 16.6. The van der Waals surface area contributed by atoms with E-state index in [1.54, 1.807) is 0 Å². The first-order valence-electron chi connectivity index (χ1n) is 36.5. The van der Waals surface area contributed by atoms with Crippen LogP contribution in [0.4, 0.5) is 0 Å². The Kier molecular flexibility index (Phi) is 68.1. The zero-order valence-electron chi connectivity index (χ0n) is 54.8. The molecule has 0 amide bonds. The minimum atomic E-state index is -0.771. The number of carbonyl (C=O) groups excluding carboxylic acids is 3. The van der Waals surface area contributed by atoms with Crippen molar-refractivity contribution in [2.24, 2.45) is 0 Å². The summed E-state index contributed by atoms with van der Waals surface area (Å²) in [6, 6.07) is 0. The summed E-state index contributed by atoms with van der Waals surface area (Å²) in [7, 11) is 0. The second kappa shape index (κ2) is 70.1. The van der Waals surface area contributed by atoms with Crippen molar-refractivity contribution in [1.82, 2.24) is 0 Å². The quantitative estimate of drug-likeness (QED) is 0.0261. The minimum absolute atomic E-state index is 0.0683. The first-order chi connectivity index (χ1) is 40.0. The Morgan fingerprint density at radius 3 is 0.728 bits per heavy atom. The van der Waals surface area contributed by atoms with Gasteiger partial charge in [-0.2, -0.15) is 0 Å². The van der Waals surface area contributed by atoms with Gasteiger partial charge in [-0.1, -0.05) is 353 Å². The number of ether oxygens (including phenoxy) is 3. The second-order valence-electron chi connectivity index (χ2n) is 24.9. The molecular formula is C75H140O6. The van der Waals surface area contributed by atoms with Crippen molar-refractivity contribution in [1.29, 1.82) is 0 Å². The highest BCUT2D eigenvalue weighted by Crippen LogP contribution is 2.19. The van der Waals surface area contributed by atoms with E-state index in [0.717, 1.165) is 70.6 Å². The largest absolute Gasteiger partial charge is 0.462 e. The fourth-order valence-electron chi connectivity index (χ4n) is 11.1. The van der Waals surface area contributed by atoms with Gasteiger partial charge >= 0.3 is 17.9 Å². The van der Waals surface area contributed by atoms with E-state index in [4.69, 9.17) is 14.2 Å². The summed E-state index contributed by atoms with van der Waals surface area (Å²) in [5.74, 6) is -0.849. The fraction of sp³-hybridized carbons (Fsp3) is 0.880. The maximum absolute atomic E-state index is 12.9. The van der Waals surface area contributed by atoms with Gasteiger partial charge in [-0.15, -0.1) is 0 Å². The van der Waals surface area contributed by atoms with E-state index >= 15 is 0 Å². The Morgan fingerprint density at radius 1 is 0.247 bits per heavy atom. The van der Waals surface area contributed by atoms with Crippen LogP contribution < -0.4 is 0 Å². The Labute approximate surface area is 506 Å². The van der Waals surface area contributed by atoms with E-state index in [1.807, 2.05) is 0 Å². The molecule has 81 heavy (non-hydrogen) atoms. The minimum Gasteiger partial charge on any atom is -0.462 e. The van der Waals surface area contributed by atoms with Crippen LogP contribution in [-0.4, -0.2) is 37.2 Å². The van der Waals surface area contributed by atoms with Crippen molar-refractivity contribution < 1.29 is 28.6 Å². The monoisotopic (exact) mass is 1140 g/mol. The van der Waals surface area contributed by atoms with Crippen LogP contribution in [0.25, 0.3) is 0 Å². The summed E-state index contributed by atoms with van der Waals surface area (Å²) >= 11 is 0. The van der Waals surface area contributed by atoms with Crippen LogP contribution in [0.3, 0.4) is 0 Å². The molecule has 0 aliphatic rings. The maximum atomic E-state index is 12.9. The summed E-state index contributed by atoms with van der Waals surface area (Å²) in [5, 5.41) is 0. The maximum Gasteiger partial charge on any atom is 0.306 e. The molecule has 0 saturated carbocycles. The van der Waals surface area contributed by atoms with Gasteiger partial charge in [-0.05, 0) is 70.6 Å². The van der Waals surface area contributed by atoms with Gasteiger partial charge in [0.1, 0.15) is 13.2 Å². The van der Waals surface area contributed by atoms with Gasteiger partial charge in [-0.25, -0.2) is 0 Å². The molecule has 0 aromatic rings. The molecule has 6 heteroatoms. The standard InChI is InChI=1S/C75H140O6/c1-4-7-10-13-16-19-22-24-26-28-30-31-32-33-34-35-36-37-38-39-40-41-42-43-45-46-48-50-53-56-59-62-65-68-74(77)80-71-72(70-79-73(76)67-64-61-58-55-52-21-18-15-12-9-6-3)81-75(78)69-66-63-60-57-54-51-49-47-44-29-27-25-23-20-17-14-11-8-5-2/h15,18,22,24,28,30,72H,4-14,16-17,19-21,23,25-27,29,31-71H2,1-3H3/b18-15-,24-22-,30-28-. The number of rotatable bonds is 68. The molecule has 0 fully saturated rings. The molecule has 0 aliphatic carbocycles. The average molecular weight is 1140 g/mol. The van der Waals surface area contributed by atoms with Gasteiger partial charge in [0.2, 0.25) is 0 Å². The number of esters is 3. The van der Waals surface area contributed by atoms with Crippen LogP contribution >= 0.6 is 0 Å². The Morgan fingerprint density at radius 2 is 0.457 bits per heavy atom. The molecule has 0 radical (unpaired) electrons. The van der Waals surface area contributed by atoms with Crippen molar-refractivity contribution in [3.8, 4) is 0 Å². The molecule has 476 valence electrons. The van der Waals surface area contributed by atoms with Crippen molar-refractivity contribution in [3.05, 3.63) is 36.5 Å². The molecule has 1 atom stereocenters. The van der Waals surface area contributed by atoms with Crippen molar-refractivity contribution in [3.63, 3.8) is 0 Å². The lowest BCUT2D eigenvalue weighted by Gasteiger charge is -2.18. The summed E-state index contributed by atoms with van der Waals surface area (Å²) in [5.41, 5.74) is 0. The molecule has 0 N–H and O–H groups in total. The first-order valence-corrected chi connectivity index (χ1v) is 36.5. The number of carbonyl (C=O) groups is 3. The molecule has 0 aromatic carbocycles. The van der Waals surface area contributed by atoms with Gasteiger partial charge in [0.05, 0.1) is 0 Å². The van der Waals surface area contributed by atoms with Gasteiger partial charge < -0.3 is 14.2 Å². The molecule has 0 saturated heterocycles. The normalized spacial score (nSPS) is 12.2. The lowest BCUT2D eigenvalue weighted by molar-refractivity contribution is -0.167. The van der Waals surface area contributed by atoms with Gasteiger partial charge in [-0.3, -0.25) is 14.4 Å². The highest BCUT2D eigenvalue weighted by molar-refractivity contribution is 5.71. The molecule has 0 aliphatic heterocycles. The molecule has 1 unspecified atom stereocenters. The van der Waals surface area contributed by atoms with Crippen molar-refractivity contribution in [2.45, 2.75) is 412 Å². The second-order valence-corrected chi connectivity index (χ2v) is 24.9. The van der Waals surface area contributed by atoms with Gasteiger partial charge in [0, 0.05) is 19.3 Å². The molecule has 0 spiro atoms. The van der Waals surface area contributed by atoms with Crippen molar-refractivity contribution in [2.75, 3.05) is 13.2 Å². The third-order valence-electron chi connectivity index (χ3n) is 16.6. The lowest BCUT2D eigenvalue weighted by atomic mass is 10.0. The SMILES string of the molecule is CCCC/C=C\CCCCCCCC(=O)OCC(COC(=O)CCCCCCCCCCCCCCCCCCCCCCC/C=C\C/C=C\CCCCCCC)OC(=O)CCCCCCCCCCCCCCCCCCCCC. The van der Waals surface area contributed by atoms with E-state index in [1.165, 1.54) is 295 Å². The number of allylic oxidation sites excluding steroid dienone is 6. The zero-order valence-corrected chi connectivity index (χ0v) is 54.8. The number of hydrogen-bond acceptors (Lipinski definition) is 6. The summed E-state index contributed by atoms with van der Waals surface area (Å²) < 4.78 is 17.0. The molecule has 0 rings (SSSR count). The van der Waals surface area contributed by atoms with Crippen LogP contribution in [-0.2, 0) is 28.6 Å². The van der Waals surface area contributed by atoms with Gasteiger partial charge in [0.25, 0.3) is 0 Å². The molecule has 0 heterocycles. The van der Waals surface area contributed by atoms with E-state index in [-0.39, 0.29) is 31.1 Å². The lowest BCUT2D eigenvalue weighted by Crippen LogP contribution is -2.30. The first kappa shape index (κ1) is 78.6. The van der Waals surface area contributed by atoms with Crippen LogP contribution in [0.1, 0.15) is 406 Å². The Balaban J connectivity index is 4.07. The van der Waals surface area contributed by atoms with E-state index in [2.05, 4.69) is 57.2 Å². The summed E-state index contributed by atoms with van der Waals surface area (Å²) in [6.45, 7) is 6.66. The fourth-order valence-corrected chi connectivity index (χ4v) is 11.1.